The molecular weight excluding hydrogens is 356 g/mol. The molecule has 1 fully saturated rings. The Labute approximate surface area is 155 Å². The summed E-state index contributed by atoms with van der Waals surface area (Å²) in [6.45, 7) is 1.04. The minimum Gasteiger partial charge on any atom is -0.497 e. The Hall–Kier alpha value is -2.00. The molecule has 5 N–H and O–H groups in total. The van der Waals surface area contributed by atoms with Crippen molar-refractivity contribution in [1.82, 2.24) is 4.72 Å². The van der Waals surface area contributed by atoms with E-state index in [2.05, 4.69) is 9.71 Å². The molecule has 0 spiro atoms. The van der Waals surface area contributed by atoms with Crippen LogP contribution in [0.25, 0.3) is 0 Å². The van der Waals surface area contributed by atoms with Gasteiger partial charge in [-0.05, 0) is 49.7 Å². The zero-order valence-corrected chi connectivity index (χ0v) is 16.1. The van der Waals surface area contributed by atoms with E-state index in [-0.39, 0.29) is 10.9 Å². The number of aliphatic imine (C=N–C) groups is 1. The van der Waals surface area contributed by atoms with Crippen molar-refractivity contribution in [3.05, 3.63) is 18.2 Å². The number of rotatable bonds is 8. The summed E-state index contributed by atoms with van der Waals surface area (Å²) in [4.78, 5) is 4.15. The monoisotopic (exact) mass is 384 g/mol. The summed E-state index contributed by atoms with van der Waals surface area (Å²) in [5, 5.41) is 0. The van der Waals surface area contributed by atoms with E-state index in [0.29, 0.717) is 36.4 Å². The third kappa shape index (κ3) is 5.50. The standard InChI is InChI=1S/C17H28N4O4S/c1-24-14-7-8-15(25-2)16(9-14)26(22,23)21-11-13-5-3-12(4-6-13)10-20-17(18)19/h7-9,12-13,21H,3-6,10-11H2,1-2H3,(H4,18,19,20). The summed E-state index contributed by atoms with van der Waals surface area (Å²) in [6, 6.07) is 4.71. The zero-order chi connectivity index (χ0) is 19.2. The molecule has 2 rings (SSSR count). The van der Waals surface area contributed by atoms with Crippen molar-refractivity contribution in [2.75, 3.05) is 27.3 Å². The minimum atomic E-state index is -3.68. The lowest BCUT2D eigenvalue weighted by atomic mass is 9.82. The van der Waals surface area contributed by atoms with Gasteiger partial charge in [0.25, 0.3) is 0 Å². The first-order valence-corrected chi connectivity index (χ1v) is 10.1. The first-order valence-electron chi connectivity index (χ1n) is 8.62. The van der Waals surface area contributed by atoms with Crippen molar-refractivity contribution >= 4 is 16.0 Å². The molecule has 8 nitrogen and oxygen atoms in total. The van der Waals surface area contributed by atoms with Gasteiger partial charge < -0.3 is 20.9 Å². The van der Waals surface area contributed by atoms with E-state index < -0.39 is 10.0 Å². The molecular formula is C17H28N4O4S. The van der Waals surface area contributed by atoms with Crippen LogP contribution in [0.5, 0.6) is 11.5 Å². The molecule has 1 aromatic carbocycles. The number of benzene rings is 1. The number of nitrogens with two attached hydrogens (primary N) is 2. The first kappa shape index (κ1) is 20.3. The van der Waals surface area contributed by atoms with Crippen LogP contribution in [0.3, 0.4) is 0 Å². The van der Waals surface area contributed by atoms with Crippen LogP contribution in [0, 0.1) is 11.8 Å². The quantitative estimate of drug-likeness (QED) is 0.454. The number of hydrogen-bond acceptors (Lipinski definition) is 5. The Balaban J connectivity index is 1.94. The van der Waals surface area contributed by atoms with Crippen molar-refractivity contribution in [1.29, 1.82) is 0 Å². The van der Waals surface area contributed by atoms with Gasteiger partial charge in [-0.15, -0.1) is 0 Å². The molecule has 0 atom stereocenters. The van der Waals surface area contributed by atoms with Gasteiger partial charge in [-0.3, -0.25) is 4.99 Å². The van der Waals surface area contributed by atoms with Crippen molar-refractivity contribution in [3.8, 4) is 11.5 Å². The Kier molecular flexibility index (Phi) is 7.10. The van der Waals surface area contributed by atoms with E-state index in [1.54, 1.807) is 12.1 Å². The fourth-order valence-corrected chi connectivity index (χ4v) is 4.45. The summed E-state index contributed by atoms with van der Waals surface area (Å²) in [6.07, 6.45) is 3.88. The smallest absolute Gasteiger partial charge is 0.244 e. The van der Waals surface area contributed by atoms with Crippen LogP contribution >= 0.6 is 0 Å². The number of nitrogens with zero attached hydrogens (tertiary/aromatic N) is 1. The van der Waals surface area contributed by atoms with Crippen LogP contribution in [0.15, 0.2) is 28.1 Å². The highest BCUT2D eigenvalue weighted by molar-refractivity contribution is 7.89. The largest absolute Gasteiger partial charge is 0.497 e. The molecule has 1 aromatic rings. The summed E-state index contributed by atoms with van der Waals surface area (Å²) < 4.78 is 38.3. The van der Waals surface area contributed by atoms with Crippen LogP contribution in [0.2, 0.25) is 0 Å². The average Bonchev–Trinajstić information content (AvgIpc) is 2.65. The van der Waals surface area contributed by atoms with E-state index in [1.165, 1.54) is 20.3 Å². The lowest BCUT2D eigenvalue weighted by Crippen LogP contribution is -2.32. The highest BCUT2D eigenvalue weighted by Gasteiger charge is 2.25. The highest BCUT2D eigenvalue weighted by Crippen LogP contribution is 2.30. The maximum Gasteiger partial charge on any atom is 0.244 e. The van der Waals surface area contributed by atoms with Crippen molar-refractivity contribution in [2.45, 2.75) is 30.6 Å². The molecule has 0 aromatic heterocycles. The van der Waals surface area contributed by atoms with E-state index in [1.807, 2.05) is 0 Å². The molecule has 0 amide bonds. The molecule has 0 bridgehead atoms. The molecule has 9 heteroatoms. The van der Waals surface area contributed by atoms with Gasteiger partial charge in [0.1, 0.15) is 16.4 Å². The second kappa shape index (κ2) is 9.09. The number of methoxy groups -OCH3 is 2. The molecule has 1 aliphatic carbocycles. The van der Waals surface area contributed by atoms with Crippen LogP contribution < -0.4 is 25.7 Å². The molecule has 0 saturated heterocycles. The van der Waals surface area contributed by atoms with Crippen molar-refractivity contribution in [2.24, 2.45) is 28.3 Å². The van der Waals surface area contributed by atoms with Gasteiger partial charge in [-0.1, -0.05) is 0 Å². The van der Waals surface area contributed by atoms with E-state index in [0.717, 1.165) is 25.7 Å². The Morgan fingerprint density at radius 3 is 2.38 bits per heavy atom. The van der Waals surface area contributed by atoms with Gasteiger partial charge in [0.15, 0.2) is 5.96 Å². The second-order valence-corrected chi connectivity index (χ2v) is 8.26. The van der Waals surface area contributed by atoms with E-state index in [9.17, 15) is 8.42 Å². The Bertz CT molecular complexity index is 724. The van der Waals surface area contributed by atoms with Gasteiger partial charge in [-0.25, -0.2) is 13.1 Å². The molecule has 1 aliphatic rings. The van der Waals surface area contributed by atoms with E-state index in [4.69, 9.17) is 20.9 Å². The number of ether oxygens (including phenoxy) is 2. The van der Waals surface area contributed by atoms with Crippen molar-refractivity contribution < 1.29 is 17.9 Å². The second-order valence-electron chi connectivity index (χ2n) is 6.52. The molecule has 0 radical (unpaired) electrons. The predicted octanol–water partition coefficient (Wildman–Crippen LogP) is 1.06. The number of hydrogen-bond donors (Lipinski definition) is 3. The van der Waals surface area contributed by atoms with Gasteiger partial charge in [0.05, 0.1) is 14.2 Å². The molecule has 0 heterocycles. The normalized spacial score (nSPS) is 20.4. The van der Waals surface area contributed by atoms with Crippen LogP contribution in [-0.4, -0.2) is 41.7 Å². The molecule has 1 saturated carbocycles. The highest BCUT2D eigenvalue weighted by atomic mass is 32.2. The Morgan fingerprint density at radius 1 is 1.15 bits per heavy atom. The first-order chi connectivity index (χ1) is 12.4. The third-order valence-electron chi connectivity index (χ3n) is 4.72. The van der Waals surface area contributed by atoms with Crippen LogP contribution in [-0.2, 0) is 10.0 Å². The predicted molar refractivity (Wildman–Crippen MR) is 101 cm³/mol. The van der Waals surface area contributed by atoms with Gasteiger partial charge in [0.2, 0.25) is 10.0 Å². The number of nitrogens with one attached hydrogen (secondary N) is 1. The number of sulfonamides is 1. The summed E-state index contributed by atoms with van der Waals surface area (Å²) >= 11 is 0. The summed E-state index contributed by atoms with van der Waals surface area (Å²) in [7, 11) is -0.744. The topological polar surface area (TPSA) is 129 Å². The lowest BCUT2D eigenvalue weighted by Gasteiger charge is -2.27. The van der Waals surface area contributed by atoms with Gasteiger partial charge in [-0.2, -0.15) is 0 Å². The Morgan fingerprint density at radius 2 is 1.81 bits per heavy atom. The zero-order valence-electron chi connectivity index (χ0n) is 15.3. The molecule has 0 unspecified atom stereocenters. The van der Waals surface area contributed by atoms with Crippen LogP contribution in [0.4, 0.5) is 0 Å². The molecule has 0 aliphatic heterocycles. The maximum atomic E-state index is 12.7. The van der Waals surface area contributed by atoms with Gasteiger partial charge in [0, 0.05) is 19.2 Å². The third-order valence-corrected chi connectivity index (χ3v) is 6.17. The maximum absolute atomic E-state index is 12.7. The fraction of sp³-hybridized carbons (Fsp3) is 0.588. The molecule has 146 valence electrons. The SMILES string of the molecule is COc1ccc(OC)c(S(=O)(=O)NCC2CCC(CN=C(N)N)CC2)c1. The average molecular weight is 385 g/mol. The van der Waals surface area contributed by atoms with Gasteiger partial charge >= 0.3 is 0 Å². The van der Waals surface area contributed by atoms with Crippen LogP contribution in [0.1, 0.15) is 25.7 Å². The lowest BCUT2D eigenvalue weighted by molar-refractivity contribution is 0.280. The molecule has 26 heavy (non-hydrogen) atoms. The number of guanidine groups is 1. The summed E-state index contributed by atoms with van der Waals surface area (Å²) in [5.74, 6) is 1.64. The van der Waals surface area contributed by atoms with Crippen molar-refractivity contribution in [3.63, 3.8) is 0 Å². The summed E-state index contributed by atoms with van der Waals surface area (Å²) in [5.41, 5.74) is 10.7. The minimum absolute atomic E-state index is 0.0841. The fourth-order valence-electron chi connectivity index (χ4n) is 3.15. The van der Waals surface area contributed by atoms with E-state index >= 15 is 0 Å².